The fourth-order valence-electron chi connectivity index (χ4n) is 0.244. The van der Waals surface area contributed by atoms with Gasteiger partial charge in [0, 0.05) is 5.75 Å². The molecule has 1 heterocycles. The van der Waals surface area contributed by atoms with E-state index in [4.69, 9.17) is 10.8 Å². The Labute approximate surface area is 79.8 Å². The quantitative estimate of drug-likeness (QED) is 0.506. The molecule has 0 aliphatic heterocycles. The molecule has 72 valence electrons. The Balaban J connectivity index is 0.000000223. The molecule has 1 aromatic heterocycles. The number of hydrogen-bond acceptors (Lipinski definition) is 7. The normalized spacial score (nSPS) is 10.9. The first-order chi connectivity index (χ1) is 6.18. The van der Waals surface area contributed by atoms with Crippen LogP contribution in [0.5, 0.6) is 0 Å². The maximum absolute atomic E-state index is 9.76. The molecule has 1 rings (SSSR count). The molecule has 8 heteroatoms. The molecule has 1 atom stereocenters. The monoisotopic (exact) mass is 203 g/mol. The van der Waals surface area contributed by atoms with Gasteiger partial charge in [-0.2, -0.15) is 12.6 Å². The minimum absolute atomic E-state index is 0.190. The van der Waals surface area contributed by atoms with E-state index < -0.39 is 12.0 Å². The lowest BCUT2D eigenvalue weighted by Crippen LogP contribution is -2.31. The largest absolute Gasteiger partial charge is 0.480 e. The van der Waals surface area contributed by atoms with Crippen LogP contribution in [-0.2, 0) is 4.79 Å². The smallest absolute Gasteiger partial charge is 0.321 e. The van der Waals surface area contributed by atoms with Crippen molar-refractivity contribution in [3.8, 4) is 0 Å². The van der Waals surface area contributed by atoms with Gasteiger partial charge in [0.05, 0.1) is 12.4 Å². The number of carboxylic acid groups (broad SMARTS) is 1. The molecule has 0 bridgehead atoms. The van der Waals surface area contributed by atoms with Gasteiger partial charge in [-0.1, -0.05) is 0 Å². The van der Waals surface area contributed by atoms with Gasteiger partial charge in [0.2, 0.25) is 0 Å². The number of hydrogen-bond donors (Lipinski definition) is 3. The van der Waals surface area contributed by atoms with Crippen LogP contribution >= 0.6 is 12.6 Å². The van der Waals surface area contributed by atoms with Crippen LogP contribution in [0.4, 0.5) is 0 Å². The van der Waals surface area contributed by atoms with Gasteiger partial charge in [-0.3, -0.25) is 4.79 Å². The van der Waals surface area contributed by atoms with Gasteiger partial charge in [-0.05, 0) is 10.4 Å². The second kappa shape index (κ2) is 7.37. The highest BCUT2D eigenvalue weighted by molar-refractivity contribution is 7.80. The lowest BCUT2D eigenvalue weighted by atomic mass is 10.4. The van der Waals surface area contributed by atoms with Crippen molar-refractivity contribution in [2.75, 3.05) is 5.75 Å². The SMILES string of the molecule is NC(CS)C(=O)O.c1cnnnn1. The summed E-state index contributed by atoms with van der Waals surface area (Å²) in [4.78, 5) is 9.76. The molecule has 0 saturated heterocycles. The zero-order chi connectivity index (χ0) is 10.1. The van der Waals surface area contributed by atoms with Gasteiger partial charge < -0.3 is 10.8 Å². The maximum Gasteiger partial charge on any atom is 0.321 e. The van der Waals surface area contributed by atoms with E-state index in [0.29, 0.717) is 0 Å². The van der Waals surface area contributed by atoms with Crippen molar-refractivity contribution in [1.29, 1.82) is 0 Å². The molecule has 1 unspecified atom stereocenters. The number of aromatic nitrogens is 4. The van der Waals surface area contributed by atoms with Crippen molar-refractivity contribution >= 4 is 18.6 Å². The van der Waals surface area contributed by atoms with Gasteiger partial charge in [-0.25, -0.2) is 0 Å². The molecule has 0 spiro atoms. The van der Waals surface area contributed by atoms with Crippen LogP contribution in [0.25, 0.3) is 0 Å². The fraction of sp³-hybridized carbons (Fsp3) is 0.400. The first kappa shape index (κ1) is 11.7. The van der Waals surface area contributed by atoms with Crippen LogP contribution in [0.15, 0.2) is 12.4 Å². The first-order valence-electron chi connectivity index (χ1n) is 3.22. The number of nitrogens with two attached hydrogens (primary N) is 1. The third-order valence-electron chi connectivity index (χ3n) is 0.857. The zero-order valence-corrected chi connectivity index (χ0v) is 7.50. The molecule has 0 aromatic carbocycles. The standard InChI is InChI=1S/C3H7NO2S.C2H2N4/c4-2(1-7)3(5)6;1-2-4-6-5-3-1/h2,7H,1,4H2,(H,5,6);1-2H. The average molecular weight is 203 g/mol. The Morgan fingerprint density at radius 2 is 1.92 bits per heavy atom. The summed E-state index contributed by atoms with van der Waals surface area (Å²) in [7, 11) is 0. The predicted octanol–water partition coefficient (Wildman–Crippen LogP) is -1.41. The third kappa shape index (κ3) is 7.09. The van der Waals surface area contributed by atoms with Crippen molar-refractivity contribution in [3.63, 3.8) is 0 Å². The Kier molecular flexibility index (Phi) is 6.65. The van der Waals surface area contributed by atoms with Gasteiger partial charge in [0.15, 0.2) is 0 Å². The lowest BCUT2D eigenvalue weighted by Gasteiger charge is -1.96. The summed E-state index contributed by atoms with van der Waals surface area (Å²) in [6.07, 6.45) is 2.93. The molecule has 0 aliphatic rings. The predicted molar refractivity (Wildman–Crippen MR) is 47.1 cm³/mol. The molecule has 0 radical (unpaired) electrons. The number of thiol groups is 1. The number of rotatable bonds is 2. The molecule has 0 fully saturated rings. The summed E-state index contributed by atoms with van der Waals surface area (Å²) >= 11 is 3.65. The number of carboxylic acids is 1. The molecule has 1 aromatic rings. The molecule has 0 saturated carbocycles. The van der Waals surface area contributed by atoms with E-state index in [9.17, 15) is 4.79 Å². The summed E-state index contributed by atoms with van der Waals surface area (Å²) < 4.78 is 0. The average Bonchev–Trinajstić information content (AvgIpc) is 2.20. The molecule has 0 aliphatic carbocycles. The molecular weight excluding hydrogens is 194 g/mol. The Morgan fingerprint density at radius 1 is 1.46 bits per heavy atom. The van der Waals surface area contributed by atoms with Gasteiger partial charge in [-0.15, -0.1) is 10.2 Å². The van der Waals surface area contributed by atoms with E-state index >= 15 is 0 Å². The highest BCUT2D eigenvalue weighted by Gasteiger charge is 2.06. The van der Waals surface area contributed by atoms with Crippen LogP contribution in [0.2, 0.25) is 0 Å². The van der Waals surface area contributed by atoms with Crippen LogP contribution < -0.4 is 5.73 Å². The second-order valence-corrected chi connectivity index (χ2v) is 2.20. The van der Waals surface area contributed by atoms with Crippen LogP contribution in [0.3, 0.4) is 0 Å². The number of carbonyl (C=O) groups is 1. The minimum Gasteiger partial charge on any atom is -0.480 e. The summed E-state index contributed by atoms with van der Waals surface area (Å²) in [5, 5.41) is 21.1. The molecular formula is C5H9N5O2S. The summed E-state index contributed by atoms with van der Waals surface area (Å²) in [6, 6.07) is -0.816. The van der Waals surface area contributed by atoms with Gasteiger partial charge in [0.1, 0.15) is 6.04 Å². The summed E-state index contributed by atoms with van der Waals surface area (Å²) in [6.45, 7) is 0. The van der Waals surface area contributed by atoms with E-state index in [2.05, 4.69) is 33.3 Å². The number of nitrogens with zero attached hydrogens (tertiary/aromatic N) is 4. The molecule has 3 N–H and O–H groups in total. The van der Waals surface area contributed by atoms with Crippen molar-refractivity contribution in [3.05, 3.63) is 12.4 Å². The lowest BCUT2D eigenvalue weighted by molar-refractivity contribution is -0.137. The molecule has 13 heavy (non-hydrogen) atoms. The molecule has 7 nitrogen and oxygen atoms in total. The van der Waals surface area contributed by atoms with E-state index in [1.165, 1.54) is 12.4 Å². The Hall–Kier alpha value is -1.28. The van der Waals surface area contributed by atoms with E-state index in [1.807, 2.05) is 0 Å². The van der Waals surface area contributed by atoms with E-state index in [-0.39, 0.29) is 5.75 Å². The van der Waals surface area contributed by atoms with E-state index in [1.54, 1.807) is 0 Å². The highest BCUT2D eigenvalue weighted by atomic mass is 32.1. The van der Waals surface area contributed by atoms with Crippen molar-refractivity contribution in [2.24, 2.45) is 5.73 Å². The van der Waals surface area contributed by atoms with Crippen molar-refractivity contribution in [2.45, 2.75) is 6.04 Å². The molecule has 0 amide bonds. The summed E-state index contributed by atoms with van der Waals surface area (Å²) in [5.74, 6) is -0.815. The third-order valence-corrected chi connectivity index (χ3v) is 1.25. The van der Waals surface area contributed by atoms with Gasteiger partial charge >= 0.3 is 5.97 Å². The first-order valence-corrected chi connectivity index (χ1v) is 3.86. The van der Waals surface area contributed by atoms with Crippen LogP contribution in [0, 0.1) is 0 Å². The topological polar surface area (TPSA) is 115 Å². The minimum atomic E-state index is -1.00. The van der Waals surface area contributed by atoms with Gasteiger partial charge in [0.25, 0.3) is 0 Å². The van der Waals surface area contributed by atoms with Crippen LogP contribution in [-0.4, -0.2) is 43.5 Å². The second-order valence-electron chi connectivity index (χ2n) is 1.84. The highest BCUT2D eigenvalue weighted by Crippen LogP contribution is 1.80. The maximum atomic E-state index is 9.76. The fourth-order valence-corrected chi connectivity index (χ4v) is 0.400. The van der Waals surface area contributed by atoms with E-state index in [0.717, 1.165) is 0 Å². The van der Waals surface area contributed by atoms with Crippen molar-refractivity contribution in [1.82, 2.24) is 20.6 Å². The van der Waals surface area contributed by atoms with Crippen LogP contribution in [0.1, 0.15) is 0 Å². The van der Waals surface area contributed by atoms with Crippen molar-refractivity contribution < 1.29 is 9.90 Å². The Morgan fingerprint density at radius 3 is 2.00 bits per heavy atom. The number of aliphatic carboxylic acids is 1. The zero-order valence-electron chi connectivity index (χ0n) is 6.61. The Bertz CT molecular complexity index is 207. The summed E-state index contributed by atoms with van der Waals surface area (Å²) in [5.41, 5.74) is 4.94.